The molecule has 1 amide bonds. The number of nitrogens with zero attached hydrogens (tertiary/aromatic N) is 2. The number of nitrogens with one attached hydrogen (secondary N) is 1. The third kappa shape index (κ3) is 3.83. The van der Waals surface area contributed by atoms with Gasteiger partial charge in [0.15, 0.2) is 0 Å². The molecule has 3 rings (SSSR count). The third-order valence-electron chi connectivity index (χ3n) is 4.56. The first kappa shape index (κ1) is 17.1. The number of aromatic nitrogens is 2. The number of amides is 1. The summed E-state index contributed by atoms with van der Waals surface area (Å²) < 4.78 is 1.98. The second-order valence-electron chi connectivity index (χ2n) is 6.66. The van der Waals surface area contributed by atoms with Crippen LogP contribution in [0.1, 0.15) is 48.4 Å². The summed E-state index contributed by atoms with van der Waals surface area (Å²) in [4.78, 5) is 13.6. The number of aryl methyl sites for hydroxylation is 3. The molecule has 1 saturated carbocycles. The minimum Gasteiger partial charge on any atom is -0.310 e. The van der Waals surface area contributed by atoms with E-state index in [1.165, 1.54) is 34.4 Å². The molecule has 0 aliphatic heterocycles. The number of anilines is 1. The molecule has 0 bridgehead atoms. The highest BCUT2D eigenvalue weighted by atomic mass is 32.2. The maximum Gasteiger partial charge on any atom is 0.235 e. The van der Waals surface area contributed by atoms with Crippen molar-refractivity contribution in [3.05, 3.63) is 41.1 Å². The third-order valence-corrected chi connectivity index (χ3v) is 5.90. The van der Waals surface area contributed by atoms with Crippen molar-refractivity contribution < 1.29 is 4.79 Å². The predicted molar refractivity (Wildman–Crippen MR) is 99.7 cm³/mol. The van der Waals surface area contributed by atoms with E-state index in [-0.39, 0.29) is 5.91 Å². The highest BCUT2D eigenvalue weighted by Crippen LogP contribution is 2.31. The Balaban J connectivity index is 1.62. The lowest BCUT2D eigenvalue weighted by atomic mass is 10.1. The molecule has 0 saturated heterocycles. The van der Waals surface area contributed by atoms with Crippen LogP contribution in [0.15, 0.2) is 29.3 Å². The summed E-state index contributed by atoms with van der Waals surface area (Å²) in [5.74, 6) is 1.27. The van der Waals surface area contributed by atoms with Crippen molar-refractivity contribution in [2.45, 2.75) is 57.4 Å². The van der Waals surface area contributed by atoms with Crippen LogP contribution in [0.5, 0.6) is 0 Å². The fourth-order valence-corrected chi connectivity index (χ4v) is 4.48. The quantitative estimate of drug-likeness (QED) is 0.804. The number of benzene rings is 1. The molecule has 128 valence electrons. The highest BCUT2D eigenvalue weighted by molar-refractivity contribution is 8.00. The topological polar surface area (TPSA) is 46.9 Å². The Morgan fingerprint density at radius 1 is 1.25 bits per heavy atom. The van der Waals surface area contributed by atoms with Gasteiger partial charge in [0.2, 0.25) is 5.91 Å². The standard InChI is InChI=1S/C19H25N3OS/c1-13-10-14(2)19(15(3)11-13)24-12-18(23)21-17-8-9-20-22(17)16-6-4-5-7-16/h8-11,16H,4-7,12H2,1-3H3,(H,21,23). The maximum absolute atomic E-state index is 12.4. The van der Waals surface area contributed by atoms with Crippen LogP contribution in [0, 0.1) is 20.8 Å². The number of thioether (sulfide) groups is 1. The van der Waals surface area contributed by atoms with Gasteiger partial charge in [-0.3, -0.25) is 4.79 Å². The lowest BCUT2D eigenvalue weighted by molar-refractivity contribution is -0.113. The van der Waals surface area contributed by atoms with Gasteiger partial charge in [-0.05, 0) is 44.7 Å². The minimum absolute atomic E-state index is 0.0270. The Hall–Kier alpha value is -1.75. The molecule has 1 heterocycles. The van der Waals surface area contributed by atoms with E-state index in [0.29, 0.717) is 11.8 Å². The van der Waals surface area contributed by atoms with Crippen LogP contribution in [-0.4, -0.2) is 21.4 Å². The van der Waals surface area contributed by atoms with Crippen molar-refractivity contribution in [3.8, 4) is 0 Å². The molecule has 1 N–H and O–H groups in total. The molecular weight excluding hydrogens is 318 g/mol. The van der Waals surface area contributed by atoms with Gasteiger partial charge in [0.25, 0.3) is 0 Å². The van der Waals surface area contributed by atoms with Gasteiger partial charge in [-0.15, -0.1) is 11.8 Å². The van der Waals surface area contributed by atoms with E-state index < -0.39 is 0 Å². The first-order valence-corrected chi connectivity index (χ1v) is 9.57. The summed E-state index contributed by atoms with van der Waals surface area (Å²) in [6.07, 6.45) is 6.58. The van der Waals surface area contributed by atoms with Crippen LogP contribution in [0.2, 0.25) is 0 Å². The van der Waals surface area contributed by atoms with Crippen LogP contribution in [0.4, 0.5) is 5.82 Å². The lowest BCUT2D eigenvalue weighted by Crippen LogP contribution is -2.19. The minimum atomic E-state index is 0.0270. The zero-order valence-corrected chi connectivity index (χ0v) is 15.4. The Morgan fingerprint density at radius 2 is 1.92 bits per heavy atom. The SMILES string of the molecule is Cc1cc(C)c(SCC(=O)Nc2ccnn2C2CCCC2)c(C)c1. The molecule has 0 radical (unpaired) electrons. The summed E-state index contributed by atoms with van der Waals surface area (Å²) >= 11 is 1.61. The van der Waals surface area contributed by atoms with Crippen molar-refractivity contribution >= 4 is 23.5 Å². The summed E-state index contributed by atoms with van der Waals surface area (Å²) in [6.45, 7) is 6.32. The van der Waals surface area contributed by atoms with E-state index in [0.717, 1.165) is 18.7 Å². The number of carbonyl (C=O) groups is 1. The van der Waals surface area contributed by atoms with Gasteiger partial charge in [-0.25, -0.2) is 4.68 Å². The van der Waals surface area contributed by atoms with Crippen LogP contribution >= 0.6 is 11.8 Å². The average Bonchev–Trinajstić information content (AvgIpc) is 3.16. The molecule has 1 aliphatic rings. The molecule has 4 nitrogen and oxygen atoms in total. The second-order valence-corrected chi connectivity index (χ2v) is 7.65. The normalized spacial score (nSPS) is 15.0. The molecule has 24 heavy (non-hydrogen) atoms. The van der Waals surface area contributed by atoms with Gasteiger partial charge in [-0.1, -0.05) is 30.5 Å². The predicted octanol–water partition coefficient (Wildman–Crippen LogP) is 4.65. The fourth-order valence-electron chi connectivity index (χ4n) is 3.56. The smallest absolute Gasteiger partial charge is 0.235 e. The zero-order valence-electron chi connectivity index (χ0n) is 14.6. The van der Waals surface area contributed by atoms with Crippen LogP contribution in [0.3, 0.4) is 0 Å². The van der Waals surface area contributed by atoms with Gasteiger partial charge >= 0.3 is 0 Å². The Morgan fingerprint density at radius 3 is 2.58 bits per heavy atom. The molecule has 0 unspecified atom stereocenters. The summed E-state index contributed by atoms with van der Waals surface area (Å²) in [7, 11) is 0. The number of hydrogen-bond donors (Lipinski definition) is 1. The first-order valence-electron chi connectivity index (χ1n) is 8.58. The lowest BCUT2D eigenvalue weighted by Gasteiger charge is -2.15. The maximum atomic E-state index is 12.4. The van der Waals surface area contributed by atoms with Gasteiger partial charge < -0.3 is 5.32 Å². The summed E-state index contributed by atoms with van der Waals surface area (Å²) in [5.41, 5.74) is 3.74. The Kier molecular flexibility index (Phi) is 5.29. The van der Waals surface area contributed by atoms with Crippen LogP contribution in [-0.2, 0) is 4.79 Å². The van der Waals surface area contributed by atoms with E-state index in [1.54, 1.807) is 18.0 Å². The number of hydrogen-bond acceptors (Lipinski definition) is 3. The monoisotopic (exact) mass is 343 g/mol. The van der Waals surface area contributed by atoms with Crippen molar-refractivity contribution in [3.63, 3.8) is 0 Å². The number of rotatable bonds is 5. The van der Waals surface area contributed by atoms with Crippen LogP contribution in [0.25, 0.3) is 0 Å². The second kappa shape index (κ2) is 7.43. The molecule has 2 aromatic rings. The Labute approximate surface area is 148 Å². The van der Waals surface area contributed by atoms with E-state index in [9.17, 15) is 4.79 Å². The van der Waals surface area contributed by atoms with Crippen molar-refractivity contribution in [2.24, 2.45) is 0 Å². The van der Waals surface area contributed by atoms with Gasteiger partial charge in [-0.2, -0.15) is 5.10 Å². The zero-order chi connectivity index (χ0) is 17.1. The molecule has 0 atom stereocenters. The van der Waals surface area contributed by atoms with Gasteiger partial charge in [0, 0.05) is 11.0 Å². The number of carbonyl (C=O) groups excluding carboxylic acids is 1. The van der Waals surface area contributed by atoms with Crippen LogP contribution < -0.4 is 5.32 Å². The first-order chi connectivity index (χ1) is 11.5. The van der Waals surface area contributed by atoms with Gasteiger partial charge in [0.05, 0.1) is 18.0 Å². The van der Waals surface area contributed by atoms with E-state index in [1.807, 2.05) is 10.7 Å². The van der Waals surface area contributed by atoms with E-state index in [4.69, 9.17) is 0 Å². The largest absolute Gasteiger partial charge is 0.310 e. The van der Waals surface area contributed by atoms with E-state index >= 15 is 0 Å². The average molecular weight is 343 g/mol. The van der Waals surface area contributed by atoms with Crippen molar-refractivity contribution in [1.82, 2.24) is 9.78 Å². The van der Waals surface area contributed by atoms with Gasteiger partial charge in [0.1, 0.15) is 5.82 Å². The Bertz CT molecular complexity index is 709. The van der Waals surface area contributed by atoms with E-state index in [2.05, 4.69) is 43.3 Å². The fraction of sp³-hybridized carbons (Fsp3) is 0.474. The molecule has 5 heteroatoms. The summed E-state index contributed by atoms with van der Waals surface area (Å²) in [5, 5.41) is 7.43. The molecule has 0 spiro atoms. The molecular formula is C19H25N3OS. The molecule has 1 aromatic heterocycles. The molecule has 1 aromatic carbocycles. The highest BCUT2D eigenvalue weighted by Gasteiger charge is 2.20. The molecule has 1 fully saturated rings. The van der Waals surface area contributed by atoms with Crippen molar-refractivity contribution in [2.75, 3.05) is 11.1 Å². The molecule has 1 aliphatic carbocycles. The summed E-state index contributed by atoms with van der Waals surface area (Å²) in [6, 6.07) is 6.66. The van der Waals surface area contributed by atoms with Crippen molar-refractivity contribution in [1.29, 1.82) is 0 Å².